The molecule has 0 unspecified atom stereocenters. The van der Waals surface area contributed by atoms with Gasteiger partial charge in [-0.1, -0.05) is 32.9 Å². The number of fused-ring (bicyclic) bond motifs is 2. The van der Waals surface area contributed by atoms with Crippen LogP contribution in [0.1, 0.15) is 27.2 Å². The topological polar surface area (TPSA) is 120 Å². The molecular formula is C31H27FN6O2. The van der Waals surface area contributed by atoms with Gasteiger partial charge in [-0.05, 0) is 59.0 Å². The minimum atomic E-state index is -0.509. The summed E-state index contributed by atoms with van der Waals surface area (Å²) in [4.78, 5) is 25.0. The Morgan fingerprint density at radius 2 is 1.85 bits per heavy atom. The lowest BCUT2D eigenvalue weighted by Crippen LogP contribution is -2.19. The summed E-state index contributed by atoms with van der Waals surface area (Å²) in [7, 11) is 0. The van der Waals surface area contributed by atoms with Crippen LogP contribution in [-0.4, -0.2) is 36.2 Å². The van der Waals surface area contributed by atoms with Gasteiger partial charge < -0.3 is 15.4 Å². The average Bonchev–Trinajstić information content (AvgIpc) is 3.50. The minimum Gasteiger partial charge on any atom is -0.508 e. The minimum absolute atomic E-state index is 0.0707. The zero-order valence-electron chi connectivity index (χ0n) is 22.2. The second-order valence-electron chi connectivity index (χ2n) is 11.1. The Balaban J connectivity index is 1.37. The van der Waals surface area contributed by atoms with Crippen LogP contribution in [0.25, 0.3) is 55.7 Å². The normalized spacial score (nSPS) is 11.8. The van der Waals surface area contributed by atoms with Gasteiger partial charge in [0.2, 0.25) is 5.91 Å². The van der Waals surface area contributed by atoms with E-state index in [1.165, 1.54) is 12.1 Å². The first-order valence-electron chi connectivity index (χ1n) is 12.9. The van der Waals surface area contributed by atoms with Gasteiger partial charge in [-0.3, -0.25) is 14.9 Å². The number of carbonyl (C=O) groups is 1. The summed E-state index contributed by atoms with van der Waals surface area (Å²) in [6.07, 6.45) is 3.72. The molecule has 9 heteroatoms. The molecule has 2 aromatic carbocycles. The SMILES string of the molecule is CC(C)(C)CC(=O)Nc1cncc(-c2ccc3[nH]nc(-c4cc5c(-c6cc(O)cc(F)c6)cccc5[nH]4)c3n2)c1. The summed E-state index contributed by atoms with van der Waals surface area (Å²) in [6.45, 7) is 6.05. The van der Waals surface area contributed by atoms with Gasteiger partial charge >= 0.3 is 0 Å². The largest absolute Gasteiger partial charge is 0.508 e. The van der Waals surface area contributed by atoms with Crippen LogP contribution in [0.4, 0.5) is 10.1 Å². The Morgan fingerprint density at radius 3 is 2.65 bits per heavy atom. The summed E-state index contributed by atoms with van der Waals surface area (Å²) < 4.78 is 14.0. The lowest BCUT2D eigenvalue weighted by atomic mass is 9.92. The summed E-state index contributed by atoms with van der Waals surface area (Å²) in [5, 5.41) is 21.3. The average molecular weight is 535 g/mol. The van der Waals surface area contributed by atoms with Crippen LogP contribution in [0.15, 0.2) is 73.1 Å². The van der Waals surface area contributed by atoms with Crippen LogP contribution in [0, 0.1) is 11.2 Å². The molecule has 0 aliphatic heterocycles. The van der Waals surface area contributed by atoms with E-state index in [2.05, 4.69) is 25.5 Å². The Labute approximate surface area is 229 Å². The van der Waals surface area contributed by atoms with E-state index < -0.39 is 5.82 Å². The van der Waals surface area contributed by atoms with Gasteiger partial charge in [0.1, 0.15) is 22.8 Å². The molecule has 200 valence electrons. The zero-order chi connectivity index (χ0) is 28.0. The second kappa shape index (κ2) is 9.60. The third-order valence-electron chi connectivity index (χ3n) is 6.53. The summed E-state index contributed by atoms with van der Waals surface area (Å²) in [6, 6.07) is 17.3. The van der Waals surface area contributed by atoms with E-state index in [-0.39, 0.29) is 17.1 Å². The molecular weight excluding hydrogens is 507 g/mol. The monoisotopic (exact) mass is 534 g/mol. The van der Waals surface area contributed by atoms with E-state index in [1.54, 1.807) is 12.4 Å². The van der Waals surface area contributed by atoms with Gasteiger partial charge in [0, 0.05) is 35.2 Å². The molecule has 8 nitrogen and oxygen atoms in total. The van der Waals surface area contributed by atoms with Gasteiger partial charge in [0.25, 0.3) is 0 Å². The number of halogens is 1. The first-order valence-corrected chi connectivity index (χ1v) is 12.9. The van der Waals surface area contributed by atoms with Gasteiger partial charge in [-0.2, -0.15) is 5.10 Å². The number of nitrogens with zero attached hydrogens (tertiary/aromatic N) is 3. The van der Waals surface area contributed by atoms with Crippen LogP contribution in [-0.2, 0) is 4.79 Å². The number of amides is 1. The van der Waals surface area contributed by atoms with E-state index in [4.69, 9.17) is 4.98 Å². The quantitative estimate of drug-likeness (QED) is 0.189. The van der Waals surface area contributed by atoms with E-state index in [0.717, 1.165) is 39.3 Å². The number of hydrogen-bond acceptors (Lipinski definition) is 5. The number of nitrogens with one attached hydrogen (secondary N) is 3. The fourth-order valence-corrected chi connectivity index (χ4v) is 4.85. The molecule has 0 saturated carbocycles. The number of phenols is 1. The van der Waals surface area contributed by atoms with Crippen molar-refractivity contribution in [2.75, 3.05) is 5.32 Å². The lowest BCUT2D eigenvalue weighted by Gasteiger charge is -2.17. The van der Waals surface area contributed by atoms with Crippen LogP contribution in [0.2, 0.25) is 0 Å². The van der Waals surface area contributed by atoms with Crippen molar-refractivity contribution >= 4 is 33.5 Å². The predicted molar refractivity (Wildman–Crippen MR) is 154 cm³/mol. The fourth-order valence-electron chi connectivity index (χ4n) is 4.85. The molecule has 4 N–H and O–H groups in total. The highest BCUT2D eigenvalue weighted by atomic mass is 19.1. The van der Waals surface area contributed by atoms with Crippen molar-refractivity contribution in [3.8, 4) is 39.5 Å². The van der Waals surface area contributed by atoms with Gasteiger partial charge in [0.15, 0.2) is 0 Å². The molecule has 6 aromatic rings. The predicted octanol–water partition coefficient (Wildman–Crippen LogP) is 7.05. The van der Waals surface area contributed by atoms with Crippen molar-refractivity contribution in [1.82, 2.24) is 25.1 Å². The molecule has 0 saturated heterocycles. The molecule has 1 amide bonds. The molecule has 4 heterocycles. The number of pyridine rings is 2. The molecule has 0 fully saturated rings. The van der Waals surface area contributed by atoms with Crippen molar-refractivity contribution in [2.45, 2.75) is 27.2 Å². The zero-order valence-corrected chi connectivity index (χ0v) is 22.2. The Bertz CT molecular complexity index is 1880. The number of benzene rings is 2. The van der Waals surface area contributed by atoms with Crippen molar-refractivity contribution < 1.29 is 14.3 Å². The van der Waals surface area contributed by atoms with E-state index >= 15 is 0 Å². The van der Waals surface area contributed by atoms with Crippen LogP contribution in [0.5, 0.6) is 5.75 Å². The number of H-pyrrole nitrogens is 2. The standard InChI is InChI=1S/C31H27FN6O2/c1-31(2,3)14-28(40)34-20-10-18(15-33-16-20)24-7-8-26-29(36-24)30(38-37-26)27-13-23-22(5-4-6-25(23)35-27)17-9-19(32)12-21(39)11-17/h4-13,15-16,35,39H,14H2,1-3H3,(H,34,40)(H,37,38). The molecule has 0 atom stereocenters. The number of phenolic OH excluding ortho intramolecular Hbond substituents is 1. The number of anilines is 1. The smallest absolute Gasteiger partial charge is 0.224 e. The van der Waals surface area contributed by atoms with Crippen molar-refractivity contribution in [3.63, 3.8) is 0 Å². The number of aromatic amines is 2. The maximum atomic E-state index is 14.0. The third kappa shape index (κ3) is 5.01. The third-order valence-corrected chi connectivity index (χ3v) is 6.53. The van der Waals surface area contributed by atoms with Crippen LogP contribution in [0.3, 0.4) is 0 Å². The van der Waals surface area contributed by atoms with E-state index in [0.29, 0.717) is 34.6 Å². The molecule has 6 rings (SSSR count). The highest BCUT2D eigenvalue weighted by molar-refractivity contribution is 6.00. The highest BCUT2D eigenvalue weighted by Crippen LogP contribution is 2.35. The van der Waals surface area contributed by atoms with E-state index in [9.17, 15) is 14.3 Å². The Kier molecular flexibility index (Phi) is 6.06. The molecule has 0 radical (unpaired) electrons. The molecule has 4 aromatic heterocycles. The fraction of sp³-hybridized carbons (Fsp3) is 0.161. The van der Waals surface area contributed by atoms with Crippen LogP contribution >= 0.6 is 0 Å². The molecule has 0 bridgehead atoms. The number of carbonyl (C=O) groups excluding carboxylic acids is 1. The molecule has 0 aliphatic carbocycles. The van der Waals surface area contributed by atoms with Gasteiger partial charge in [-0.25, -0.2) is 9.37 Å². The Hall–Kier alpha value is -5.05. The van der Waals surface area contributed by atoms with Crippen LogP contribution < -0.4 is 5.32 Å². The number of rotatable bonds is 5. The number of aromatic hydroxyl groups is 1. The van der Waals surface area contributed by atoms with Crippen molar-refractivity contribution in [2.24, 2.45) is 5.41 Å². The number of aromatic nitrogens is 5. The maximum absolute atomic E-state index is 14.0. The summed E-state index contributed by atoms with van der Waals surface area (Å²) in [5.41, 5.74) is 6.90. The highest BCUT2D eigenvalue weighted by Gasteiger charge is 2.18. The van der Waals surface area contributed by atoms with Gasteiger partial charge in [0.05, 0.1) is 28.8 Å². The van der Waals surface area contributed by atoms with Gasteiger partial charge in [-0.15, -0.1) is 0 Å². The second-order valence-corrected chi connectivity index (χ2v) is 11.1. The maximum Gasteiger partial charge on any atom is 0.224 e. The van der Waals surface area contributed by atoms with E-state index in [1.807, 2.05) is 63.2 Å². The first-order chi connectivity index (χ1) is 19.1. The summed E-state index contributed by atoms with van der Waals surface area (Å²) >= 11 is 0. The Morgan fingerprint density at radius 1 is 1.00 bits per heavy atom. The lowest BCUT2D eigenvalue weighted by molar-refractivity contribution is -0.117. The summed E-state index contributed by atoms with van der Waals surface area (Å²) in [5.74, 6) is -0.714. The number of hydrogen-bond donors (Lipinski definition) is 4. The van der Waals surface area contributed by atoms with Crippen molar-refractivity contribution in [3.05, 3.63) is 78.9 Å². The first kappa shape index (κ1) is 25.2. The molecule has 0 spiro atoms. The molecule has 0 aliphatic rings. The molecule has 40 heavy (non-hydrogen) atoms. The van der Waals surface area contributed by atoms with Crippen molar-refractivity contribution in [1.29, 1.82) is 0 Å².